The lowest BCUT2D eigenvalue weighted by atomic mass is 10.0. The molecule has 0 saturated carbocycles. The molecule has 1 aliphatic rings. The molecule has 1 unspecified atom stereocenters. The van der Waals surface area contributed by atoms with E-state index in [0.717, 1.165) is 6.42 Å². The summed E-state index contributed by atoms with van der Waals surface area (Å²) < 4.78 is 0. The lowest BCUT2D eigenvalue weighted by molar-refractivity contribution is 1.00. The van der Waals surface area contributed by atoms with E-state index in [9.17, 15) is 0 Å². The zero-order valence-electron chi connectivity index (χ0n) is 7.35. The van der Waals surface area contributed by atoms with Crippen molar-refractivity contribution in [1.29, 1.82) is 0 Å². The van der Waals surface area contributed by atoms with Gasteiger partial charge in [-0.15, -0.1) is 5.73 Å². The van der Waals surface area contributed by atoms with Crippen LogP contribution in [-0.2, 0) is 0 Å². The number of hydrogen-bond acceptors (Lipinski definition) is 1. The molecule has 0 aliphatic heterocycles. The van der Waals surface area contributed by atoms with Crippen LogP contribution in [0.15, 0.2) is 29.0 Å². The van der Waals surface area contributed by atoms with Crippen LogP contribution in [0, 0.1) is 0 Å². The zero-order valence-corrected chi connectivity index (χ0v) is 8.16. The quantitative estimate of drug-likeness (QED) is 0.568. The lowest BCUT2D eigenvalue weighted by Crippen LogP contribution is -2.02. The largest absolute Gasteiger partial charge is 0.158 e. The number of rotatable bonds is 2. The van der Waals surface area contributed by atoms with E-state index in [0.29, 0.717) is 5.25 Å². The van der Waals surface area contributed by atoms with Gasteiger partial charge in [0.25, 0.3) is 0 Å². The molecule has 0 bridgehead atoms. The van der Waals surface area contributed by atoms with E-state index in [-0.39, 0.29) is 0 Å². The molecule has 0 saturated heterocycles. The first-order chi connectivity index (χ1) is 5.24. The summed E-state index contributed by atoms with van der Waals surface area (Å²) in [4.78, 5) is 0. The fourth-order valence-corrected chi connectivity index (χ4v) is 1.60. The number of hydrogen-bond donors (Lipinski definition) is 0. The predicted octanol–water partition coefficient (Wildman–Crippen LogP) is 3.17. The normalized spacial score (nSPS) is 19.2. The maximum atomic E-state index is 3.20. The van der Waals surface area contributed by atoms with Crippen LogP contribution in [0.2, 0.25) is 0 Å². The van der Waals surface area contributed by atoms with Crippen molar-refractivity contribution < 1.29 is 0 Å². The van der Waals surface area contributed by atoms with Crippen molar-refractivity contribution in [2.24, 2.45) is 0 Å². The molecular weight excluding hydrogens is 152 g/mol. The Kier molecular flexibility index (Phi) is 3.04. The molecule has 0 aromatic carbocycles. The van der Waals surface area contributed by atoms with Gasteiger partial charge >= 0.3 is 0 Å². The van der Waals surface area contributed by atoms with Crippen molar-refractivity contribution in [2.45, 2.75) is 25.5 Å². The van der Waals surface area contributed by atoms with Gasteiger partial charge in [0, 0.05) is 5.25 Å². The molecule has 0 amide bonds. The Labute approximate surface area is 73.1 Å². The van der Waals surface area contributed by atoms with Gasteiger partial charge in [0.1, 0.15) is 0 Å². The van der Waals surface area contributed by atoms with Crippen molar-refractivity contribution in [1.82, 2.24) is 0 Å². The molecule has 0 spiro atoms. The van der Waals surface area contributed by atoms with Crippen molar-refractivity contribution in [2.75, 3.05) is 6.26 Å². The fourth-order valence-electron chi connectivity index (χ4n) is 1.14. The lowest BCUT2D eigenvalue weighted by Gasteiger charge is -2.14. The summed E-state index contributed by atoms with van der Waals surface area (Å²) in [7, 11) is 0. The highest BCUT2D eigenvalue weighted by Crippen LogP contribution is 2.23. The topological polar surface area (TPSA) is 0 Å². The average molecular weight is 166 g/mol. The van der Waals surface area contributed by atoms with E-state index in [1.54, 1.807) is 0 Å². The second-order valence-corrected chi connectivity index (χ2v) is 4.07. The Morgan fingerprint density at radius 2 is 2.36 bits per heavy atom. The fraction of sp³-hybridized carbons (Fsp3) is 0.500. The van der Waals surface area contributed by atoms with Crippen molar-refractivity contribution in [3.05, 3.63) is 29.0 Å². The molecule has 0 fully saturated rings. The van der Waals surface area contributed by atoms with E-state index >= 15 is 0 Å². The highest BCUT2D eigenvalue weighted by Gasteiger charge is 2.08. The molecule has 1 aliphatic carbocycles. The molecule has 0 aromatic rings. The second-order valence-electron chi connectivity index (χ2n) is 2.89. The molecule has 1 atom stereocenters. The van der Waals surface area contributed by atoms with Gasteiger partial charge in [-0.3, -0.25) is 0 Å². The Hall–Kier alpha value is -0.390. The highest BCUT2D eigenvalue weighted by atomic mass is 32.2. The molecule has 0 heterocycles. The number of thioether (sulfide) groups is 1. The minimum absolute atomic E-state index is 0.656. The summed E-state index contributed by atoms with van der Waals surface area (Å²) in [5.41, 5.74) is 6.07. The molecule has 1 rings (SSSR count). The number of allylic oxidation sites excluding steroid dienone is 2. The Balaban J connectivity index is 2.66. The van der Waals surface area contributed by atoms with Crippen LogP contribution >= 0.6 is 11.8 Å². The van der Waals surface area contributed by atoms with E-state index in [1.165, 1.54) is 11.1 Å². The predicted molar refractivity (Wildman–Crippen MR) is 52.9 cm³/mol. The average Bonchev–Trinajstić information content (AvgIpc) is 2.03. The SMILES string of the molecule is CSC(C)C1=CC=C=C(C)C1. The maximum absolute atomic E-state index is 3.20. The molecule has 60 valence electrons. The van der Waals surface area contributed by atoms with Crippen LogP contribution in [0.3, 0.4) is 0 Å². The third-order valence-electron chi connectivity index (χ3n) is 1.97. The van der Waals surface area contributed by atoms with Gasteiger partial charge in [0.2, 0.25) is 0 Å². The van der Waals surface area contributed by atoms with Crippen molar-refractivity contribution in [3.8, 4) is 0 Å². The van der Waals surface area contributed by atoms with E-state index in [1.807, 2.05) is 17.8 Å². The highest BCUT2D eigenvalue weighted by molar-refractivity contribution is 7.99. The van der Waals surface area contributed by atoms with Gasteiger partial charge in [0.05, 0.1) is 0 Å². The van der Waals surface area contributed by atoms with Crippen LogP contribution in [0.5, 0.6) is 0 Å². The van der Waals surface area contributed by atoms with Gasteiger partial charge in [-0.2, -0.15) is 11.8 Å². The van der Waals surface area contributed by atoms with Crippen LogP contribution in [0.1, 0.15) is 20.3 Å². The smallest absolute Gasteiger partial charge is 0.0232 e. The van der Waals surface area contributed by atoms with Crippen molar-refractivity contribution in [3.63, 3.8) is 0 Å². The maximum Gasteiger partial charge on any atom is 0.0232 e. The Morgan fingerprint density at radius 1 is 1.64 bits per heavy atom. The third kappa shape index (κ3) is 2.28. The zero-order chi connectivity index (χ0) is 8.27. The molecule has 0 N–H and O–H groups in total. The molecular formula is C10H14S. The molecule has 11 heavy (non-hydrogen) atoms. The molecule has 1 heteroatoms. The third-order valence-corrected chi connectivity index (χ3v) is 2.98. The molecule has 0 nitrogen and oxygen atoms in total. The van der Waals surface area contributed by atoms with E-state index < -0.39 is 0 Å². The minimum Gasteiger partial charge on any atom is -0.158 e. The van der Waals surface area contributed by atoms with Gasteiger partial charge < -0.3 is 0 Å². The van der Waals surface area contributed by atoms with Crippen LogP contribution in [0.25, 0.3) is 0 Å². The van der Waals surface area contributed by atoms with Crippen LogP contribution < -0.4 is 0 Å². The Bertz CT molecular complexity index is 229. The molecule has 0 radical (unpaired) electrons. The van der Waals surface area contributed by atoms with Gasteiger partial charge in [-0.1, -0.05) is 11.6 Å². The standard InChI is InChI=1S/C10H14S/c1-8-5-4-6-10(7-8)9(2)11-3/h4,6,9H,7H2,1-3H3. The summed E-state index contributed by atoms with van der Waals surface area (Å²) in [5.74, 6) is 0. The summed E-state index contributed by atoms with van der Waals surface area (Å²) in [6.07, 6.45) is 7.48. The summed E-state index contributed by atoms with van der Waals surface area (Å²) >= 11 is 1.90. The molecule has 0 aromatic heterocycles. The van der Waals surface area contributed by atoms with E-state index in [2.05, 4.69) is 31.9 Å². The minimum atomic E-state index is 0.656. The Morgan fingerprint density at radius 3 is 2.91 bits per heavy atom. The van der Waals surface area contributed by atoms with Gasteiger partial charge in [-0.05, 0) is 38.2 Å². The summed E-state index contributed by atoms with van der Waals surface area (Å²) in [6.45, 7) is 4.39. The van der Waals surface area contributed by atoms with Gasteiger partial charge in [0.15, 0.2) is 0 Å². The summed E-state index contributed by atoms with van der Waals surface area (Å²) in [5, 5.41) is 0.656. The van der Waals surface area contributed by atoms with Gasteiger partial charge in [-0.25, -0.2) is 0 Å². The first kappa shape index (κ1) is 8.70. The first-order valence-electron chi connectivity index (χ1n) is 3.88. The van der Waals surface area contributed by atoms with Crippen LogP contribution in [0.4, 0.5) is 0 Å². The first-order valence-corrected chi connectivity index (χ1v) is 5.17. The second kappa shape index (κ2) is 3.85. The monoisotopic (exact) mass is 166 g/mol. The van der Waals surface area contributed by atoms with E-state index in [4.69, 9.17) is 0 Å². The summed E-state index contributed by atoms with van der Waals surface area (Å²) in [6, 6.07) is 0. The van der Waals surface area contributed by atoms with Crippen LogP contribution in [-0.4, -0.2) is 11.5 Å². The van der Waals surface area contributed by atoms with Crippen molar-refractivity contribution >= 4 is 11.8 Å².